The molecule has 0 unspecified atom stereocenters. The van der Waals surface area contributed by atoms with E-state index in [0.29, 0.717) is 12.0 Å². The number of hydrogen-bond acceptors (Lipinski definition) is 5. The fraction of sp³-hybridized carbons (Fsp3) is 0.556. The topological polar surface area (TPSA) is 80.8 Å². The van der Waals surface area contributed by atoms with E-state index in [1.54, 1.807) is 17.0 Å². The smallest absolute Gasteiger partial charge is 0.338 e. The van der Waals surface area contributed by atoms with Gasteiger partial charge in [0.1, 0.15) is 0 Å². The van der Waals surface area contributed by atoms with Crippen molar-refractivity contribution >= 4 is 21.7 Å². The minimum absolute atomic E-state index is 0.0141. The van der Waals surface area contributed by atoms with Crippen LogP contribution in [0.2, 0.25) is 0 Å². The number of hydrogen-bond donors (Lipinski definition) is 0. The molecule has 1 atom stereocenters. The van der Waals surface area contributed by atoms with E-state index in [1.165, 1.54) is 0 Å². The lowest BCUT2D eigenvalue weighted by atomic mass is 10.0. The minimum atomic E-state index is -3.07. The first-order chi connectivity index (χ1) is 11.8. The maximum absolute atomic E-state index is 12.6. The van der Waals surface area contributed by atoms with Gasteiger partial charge in [0.05, 0.1) is 17.1 Å². The normalized spacial score (nSPS) is 21.8. The Hall–Kier alpha value is -1.89. The highest BCUT2D eigenvalue weighted by Crippen LogP contribution is 2.32. The van der Waals surface area contributed by atoms with Crippen molar-refractivity contribution in [2.45, 2.75) is 45.2 Å². The van der Waals surface area contributed by atoms with Crippen molar-refractivity contribution in [3.63, 3.8) is 0 Å². The Morgan fingerprint density at radius 3 is 2.48 bits per heavy atom. The van der Waals surface area contributed by atoms with Gasteiger partial charge in [0.25, 0.3) is 5.91 Å². The van der Waals surface area contributed by atoms with Crippen LogP contribution in [0.3, 0.4) is 0 Å². The van der Waals surface area contributed by atoms with Crippen LogP contribution in [0.4, 0.5) is 0 Å². The van der Waals surface area contributed by atoms with Crippen LogP contribution in [0.5, 0.6) is 0 Å². The fourth-order valence-electron chi connectivity index (χ4n) is 3.30. The molecule has 0 bridgehead atoms. The van der Waals surface area contributed by atoms with Crippen molar-refractivity contribution in [2.75, 3.05) is 18.1 Å². The van der Waals surface area contributed by atoms with Crippen molar-refractivity contribution in [1.82, 2.24) is 4.90 Å². The highest BCUT2D eigenvalue weighted by molar-refractivity contribution is 7.91. The SMILES string of the molecule is Cc1cccc(C(=O)OCC(=O)N(C2CC2)[C@H]2CCS(=O)(=O)C2)c1C. The number of benzene rings is 1. The quantitative estimate of drug-likeness (QED) is 0.741. The molecule has 3 rings (SSSR count). The van der Waals surface area contributed by atoms with Gasteiger partial charge in [0.15, 0.2) is 16.4 Å². The summed E-state index contributed by atoms with van der Waals surface area (Å²) < 4.78 is 28.6. The molecule has 136 valence electrons. The molecule has 0 N–H and O–H groups in total. The van der Waals surface area contributed by atoms with Crippen LogP contribution < -0.4 is 0 Å². The van der Waals surface area contributed by atoms with Gasteiger partial charge in [0.2, 0.25) is 0 Å². The Balaban J connectivity index is 1.64. The van der Waals surface area contributed by atoms with Crippen LogP contribution in [0.1, 0.15) is 40.7 Å². The van der Waals surface area contributed by atoms with Crippen molar-refractivity contribution in [1.29, 1.82) is 0 Å². The zero-order valence-corrected chi connectivity index (χ0v) is 15.3. The molecular weight excluding hydrogens is 342 g/mol. The van der Waals surface area contributed by atoms with Crippen LogP contribution in [-0.2, 0) is 19.4 Å². The lowest BCUT2D eigenvalue weighted by Gasteiger charge is -2.28. The predicted molar refractivity (Wildman–Crippen MR) is 93.1 cm³/mol. The van der Waals surface area contributed by atoms with Gasteiger partial charge >= 0.3 is 5.97 Å². The lowest BCUT2D eigenvalue weighted by Crippen LogP contribution is -2.44. The van der Waals surface area contributed by atoms with Gasteiger partial charge in [-0.2, -0.15) is 0 Å². The molecule has 6 nitrogen and oxygen atoms in total. The third-order valence-electron chi connectivity index (χ3n) is 4.98. The third-order valence-corrected chi connectivity index (χ3v) is 6.73. The Morgan fingerprint density at radius 1 is 1.16 bits per heavy atom. The van der Waals surface area contributed by atoms with Crippen LogP contribution in [-0.4, -0.2) is 55.4 Å². The van der Waals surface area contributed by atoms with Gasteiger partial charge in [-0.1, -0.05) is 12.1 Å². The molecule has 1 aliphatic heterocycles. The molecule has 2 aliphatic rings. The standard InChI is InChI=1S/C18H23NO5S/c1-12-4-3-5-16(13(12)2)18(21)24-10-17(20)19(14-6-7-14)15-8-9-25(22,23)11-15/h3-5,14-15H,6-11H2,1-2H3/t15-/m0/s1. The molecule has 0 radical (unpaired) electrons. The summed E-state index contributed by atoms with van der Waals surface area (Å²) in [5.41, 5.74) is 2.27. The molecule has 25 heavy (non-hydrogen) atoms. The first kappa shape index (κ1) is 17.9. The zero-order valence-electron chi connectivity index (χ0n) is 14.5. The molecule has 1 heterocycles. The first-order valence-corrected chi connectivity index (χ1v) is 10.4. The second-order valence-corrected chi connectivity index (χ2v) is 9.14. The Morgan fingerprint density at radius 2 is 1.88 bits per heavy atom. The van der Waals surface area contributed by atoms with E-state index in [2.05, 4.69) is 0 Å². The Bertz CT molecular complexity index is 798. The minimum Gasteiger partial charge on any atom is -0.452 e. The molecule has 1 amide bonds. The number of esters is 1. The predicted octanol–water partition coefficient (Wildman–Crippen LogP) is 1.64. The molecule has 1 aliphatic carbocycles. The molecule has 7 heteroatoms. The highest BCUT2D eigenvalue weighted by atomic mass is 32.2. The number of aryl methyl sites for hydroxylation is 1. The van der Waals surface area contributed by atoms with Crippen molar-refractivity contribution in [2.24, 2.45) is 0 Å². The zero-order chi connectivity index (χ0) is 18.2. The van der Waals surface area contributed by atoms with E-state index in [1.807, 2.05) is 19.9 Å². The number of carbonyl (C=O) groups is 2. The number of sulfone groups is 1. The van der Waals surface area contributed by atoms with Crippen LogP contribution in [0, 0.1) is 13.8 Å². The molecular formula is C18H23NO5S. The van der Waals surface area contributed by atoms with Gasteiger partial charge in [-0.15, -0.1) is 0 Å². The van der Waals surface area contributed by atoms with E-state index >= 15 is 0 Å². The van der Waals surface area contributed by atoms with Crippen molar-refractivity contribution < 1.29 is 22.7 Å². The molecule has 0 spiro atoms. The summed E-state index contributed by atoms with van der Waals surface area (Å²) in [6, 6.07) is 5.17. The average Bonchev–Trinajstić information content (AvgIpc) is 3.31. The fourth-order valence-corrected chi connectivity index (χ4v) is 5.02. The van der Waals surface area contributed by atoms with Crippen molar-refractivity contribution in [3.05, 3.63) is 34.9 Å². The Labute approximate surface area is 148 Å². The largest absolute Gasteiger partial charge is 0.452 e. The second-order valence-electron chi connectivity index (χ2n) is 6.91. The number of ether oxygens (including phenoxy) is 1. The average molecular weight is 365 g/mol. The first-order valence-electron chi connectivity index (χ1n) is 8.53. The van der Waals surface area contributed by atoms with Crippen LogP contribution >= 0.6 is 0 Å². The number of amides is 1. The van der Waals surface area contributed by atoms with E-state index in [-0.39, 0.29) is 36.1 Å². The number of carbonyl (C=O) groups excluding carboxylic acids is 2. The third kappa shape index (κ3) is 4.03. The van der Waals surface area contributed by atoms with Crippen molar-refractivity contribution in [3.8, 4) is 0 Å². The maximum atomic E-state index is 12.6. The van der Waals surface area contributed by atoms with Crippen LogP contribution in [0.25, 0.3) is 0 Å². The van der Waals surface area contributed by atoms with E-state index in [4.69, 9.17) is 4.74 Å². The van der Waals surface area contributed by atoms with E-state index < -0.39 is 15.8 Å². The monoisotopic (exact) mass is 365 g/mol. The second kappa shape index (κ2) is 6.78. The molecule has 1 saturated heterocycles. The molecule has 1 aromatic rings. The number of nitrogens with zero attached hydrogens (tertiary/aromatic N) is 1. The summed E-state index contributed by atoms with van der Waals surface area (Å²) in [5, 5.41) is 0. The van der Waals surface area contributed by atoms with E-state index in [9.17, 15) is 18.0 Å². The van der Waals surface area contributed by atoms with Gasteiger partial charge in [-0.05, 0) is 50.3 Å². The molecule has 2 fully saturated rings. The van der Waals surface area contributed by atoms with Crippen LogP contribution in [0.15, 0.2) is 18.2 Å². The Kier molecular flexibility index (Phi) is 4.86. The molecule has 1 aromatic carbocycles. The number of rotatable bonds is 5. The molecule has 1 saturated carbocycles. The summed E-state index contributed by atoms with van der Waals surface area (Å²) >= 11 is 0. The summed E-state index contributed by atoms with van der Waals surface area (Å²) in [4.78, 5) is 26.5. The summed E-state index contributed by atoms with van der Waals surface area (Å²) in [5.74, 6) is -0.691. The van der Waals surface area contributed by atoms with Gasteiger partial charge in [-0.25, -0.2) is 13.2 Å². The van der Waals surface area contributed by atoms with Gasteiger partial charge in [0, 0.05) is 12.1 Å². The molecule has 0 aromatic heterocycles. The summed E-state index contributed by atoms with van der Waals surface area (Å²) in [6.45, 7) is 3.40. The summed E-state index contributed by atoms with van der Waals surface area (Å²) in [6.07, 6.45) is 2.23. The van der Waals surface area contributed by atoms with Gasteiger partial charge < -0.3 is 9.64 Å². The maximum Gasteiger partial charge on any atom is 0.338 e. The highest BCUT2D eigenvalue weighted by Gasteiger charge is 2.42. The van der Waals surface area contributed by atoms with Gasteiger partial charge in [-0.3, -0.25) is 4.79 Å². The lowest BCUT2D eigenvalue weighted by molar-refractivity contribution is -0.137. The summed E-state index contributed by atoms with van der Waals surface area (Å²) in [7, 11) is -3.07. The van der Waals surface area contributed by atoms with E-state index in [0.717, 1.165) is 24.0 Å².